The number of anilines is 1. The summed E-state index contributed by atoms with van der Waals surface area (Å²) in [5.74, 6) is -1.97. The predicted octanol–water partition coefficient (Wildman–Crippen LogP) is 2.03. The van der Waals surface area contributed by atoms with Crippen LogP contribution in [0.25, 0.3) is 0 Å². The van der Waals surface area contributed by atoms with Crippen molar-refractivity contribution in [3.8, 4) is 0 Å². The Morgan fingerprint density at radius 2 is 2.00 bits per heavy atom. The number of benzene rings is 1. The lowest BCUT2D eigenvalue weighted by molar-refractivity contribution is -0.117. The van der Waals surface area contributed by atoms with Gasteiger partial charge in [-0.3, -0.25) is 9.59 Å². The van der Waals surface area contributed by atoms with E-state index in [1.807, 2.05) is 0 Å². The molecule has 0 fully saturated rings. The average Bonchev–Trinajstić information content (AvgIpc) is 2.54. The van der Waals surface area contributed by atoms with E-state index in [-0.39, 0.29) is 23.6 Å². The highest BCUT2D eigenvalue weighted by Crippen LogP contribution is 2.32. The van der Waals surface area contributed by atoms with Crippen LogP contribution in [0.4, 0.5) is 10.1 Å². The van der Waals surface area contributed by atoms with E-state index in [1.54, 1.807) is 6.92 Å². The van der Waals surface area contributed by atoms with Gasteiger partial charge in [0.2, 0.25) is 0 Å². The van der Waals surface area contributed by atoms with Crippen LogP contribution in [0.3, 0.4) is 0 Å². The zero-order chi connectivity index (χ0) is 14.2. The molecular formula is C14H14FNO3. The first-order valence-electron chi connectivity index (χ1n) is 6.07. The molecule has 0 radical (unpaired) electrons. The molecule has 0 saturated carbocycles. The minimum absolute atomic E-state index is 0.00238. The van der Waals surface area contributed by atoms with E-state index in [0.717, 1.165) is 4.90 Å². The number of carbonyl (C=O) groups is 3. The van der Waals surface area contributed by atoms with E-state index in [2.05, 4.69) is 0 Å². The Hall–Kier alpha value is -2.04. The number of halogens is 1. The van der Waals surface area contributed by atoms with E-state index in [9.17, 15) is 18.8 Å². The Balaban J connectivity index is 2.31. The van der Waals surface area contributed by atoms with Crippen molar-refractivity contribution < 1.29 is 18.8 Å². The second kappa shape index (κ2) is 4.91. The van der Waals surface area contributed by atoms with Gasteiger partial charge in [0.1, 0.15) is 11.6 Å². The van der Waals surface area contributed by atoms with Crippen LogP contribution in [0.2, 0.25) is 0 Å². The van der Waals surface area contributed by atoms with E-state index < -0.39 is 17.5 Å². The molecule has 0 aliphatic carbocycles. The standard InChI is InChI=1S/C14H14FNO3/c1-8-6-10-12(11(15)7-8)16(14(19)13(10)18)5-3-4-9(2)17/h6-7H,3-5H2,1-2H3. The van der Waals surface area contributed by atoms with Crippen molar-refractivity contribution in [1.82, 2.24) is 0 Å². The number of amides is 1. The maximum Gasteiger partial charge on any atom is 0.299 e. The van der Waals surface area contributed by atoms with Crippen LogP contribution >= 0.6 is 0 Å². The lowest BCUT2D eigenvalue weighted by Crippen LogP contribution is -2.31. The molecule has 19 heavy (non-hydrogen) atoms. The van der Waals surface area contributed by atoms with Gasteiger partial charge < -0.3 is 9.69 Å². The fourth-order valence-electron chi connectivity index (χ4n) is 2.22. The average molecular weight is 263 g/mol. The molecule has 1 aromatic rings. The molecule has 0 bridgehead atoms. The molecule has 4 nitrogen and oxygen atoms in total. The maximum absolute atomic E-state index is 13.9. The molecule has 0 N–H and O–H groups in total. The Bertz CT molecular complexity index is 580. The van der Waals surface area contributed by atoms with Gasteiger partial charge in [0, 0.05) is 13.0 Å². The molecule has 1 heterocycles. The lowest BCUT2D eigenvalue weighted by atomic mass is 10.1. The minimum atomic E-state index is -0.719. The topological polar surface area (TPSA) is 54.5 Å². The van der Waals surface area contributed by atoms with Gasteiger partial charge in [-0.2, -0.15) is 0 Å². The molecule has 1 aliphatic heterocycles. The van der Waals surface area contributed by atoms with Gasteiger partial charge in [0.15, 0.2) is 0 Å². The van der Waals surface area contributed by atoms with Crippen LogP contribution in [-0.4, -0.2) is 24.0 Å². The van der Waals surface area contributed by atoms with Crippen molar-refractivity contribution >= 4 is 23.2 Å². The van der Waals surface area contributed by atoms with E-state index in [1.165, 1.54) is 19.1 Å². The molecule has 0 spiro atoms. The zero-order valence-electron chi connectivity index (χ0n) is 10.8. The molecule has 0 unspecified atom stereocenters. The third-order valence-corrected chi connectivity index (χ3v) is 3.07. The number of carbonyl (C=O) groups excluding carboxylic acids is 3. The van der Waals surface area contributed by atoms with Gasteiger partial charge >= 0.3 is 0 Å². The van der Waals surface area contributed by atoms with Gasteiger partial charge in [-0.15, -0.1) is 0 Å². The Morgan fingerprint density at radius 1 is 1.32 bits per heavy atom. The van der Waals surface area contributed by atoms with Crippen LogP contribution < -0.4 is 4.90 Å². The van der Waals surface area contributed by atoms with Crippen LogP contribution in [0, 0.1) is 12.7 Å². The normalized spacial score (nSPS) is 13.9. The number of nitrogens with zero attached hydrogens (tertiary/aromatic N) is 1. The van der Waals surface area contributed by atoms with Gasteiger partial charge in [-0.05, 0) is 38.0 Å². The van der Waals surface area contributed by atoms with Crippen LogP contribution in [0.15, 0.2) is 12.1 Å². The summed E-state index contributed by atoms with van der Waals surface area (Å²) in [7, 11) is 0. The number of aryl methyl sites for hydroxylation is 1. The number of fused-ring (bicyclic) bond motifs is 1. The summed E-state index contributed by atoms with van der Waals surface area (Å²) >= 11 is 0. The molecule has 2 rings (SSSR count). The van der Waals surface area contributed by atoms with Gasteiger partial charge in [0.05, 0.1) is 11.3 Å². The Morgan fingerprint density at radius 3 is 2.63 bits per heavy atom. The third kappa shape index (κ3) is 2.41. The highest BCUT2D eigenvalue weighted by Gasteiger charge is 2.37. The zero-order valence-corrected chi connectivity index (χ0v) is 10.8. The first-order valence-corrected chi connectivity index (χ1v) is 6.07. The smallest absolute Gasteiger partial charge is 0.299 e. The maximum atomic E-state index is 13.9. The first-order chi connectivity index (χ1) is 8.91. The second-order valence-electron chi connectivity index (χ2n) is 4.73. The highest BCUT2D eigenvalue weighted by atomic mass is 19.1. The van der Waals surface area contributed by atoms with E-state index >= 15 is 0 Å². The number of Topliss-reactive ketones (excluding diaryl/α,β-unsaturated/α-hetero) is 2. The fraction of sp³-hybridized carbons (Fsp3) is 0.357. The summed E-state index contributed by atoms with van der Waals surface area (Å²) in [5.41, 5.74) is 0.762. The van der Waals surface area contributed by atoms with Gasteiger partial charge in [-0.1, -0.05) is 0 Å². The molecule has 0 aromatic heterocycles. The number of rotatable bonds is 4. The molecule has 0 saturated heterocycles. The summed E-state index contributed by atoms with van der Waals surface area (Å²) in [5, 5.41) is 0. The lowest BCUT2D eigenvalue weighted by Gasteiger charge is -2.16. The molecule has 1 amide bonds. The second-order valence-corrected chi connectivity index (χ2v) is 4.73. The van der Waals surface area contributed by atoms with E-state index in [0.29, 0.717) is 18.4 Å². The van der Waals surface area contributed by atoms with Crippen molar-refractivity contribution in [2.45, 2.75) is 26.7 Å². The van der Waals surface area contributed by atoms with Gasteiger partial charge in [0.25, 0.3) is 11.7 Å². The minimum Gasteiger partial charge on any atom is -0.302 e. The molecule has 0 atom stereocenters. The molecule has 1 aliphatic rings. The Labute approximate surface area is 110 Å². The summed E-state index contributed by atoms with van der Waals surface area (Å²) < 4.78 is 13.9. The number of ketones is 2. The monoisotopic (exact) mass is 263 g/mol. The van der Waals surface area contributed by atoms with Crippen molar-refractivity contribution in [2.24, 2.45) is 0 Å². The fourth-order valence-corrected chi connectivity index (χ4v) is 2.22. The Kier molecular flexibility index (Phi) is 3.46. The largest absolute Gasteiger partial charge is 0.302 e. The molecule has 100 valence electrons. The third-order valence-electron chi connectivity index (χ3n) is 3.07. The van der Waals surface area contributed by atoms with Crippen molar-refractivity contribution in [2.75, 3.05) is 11.4 Å². The van der Waals surface area contributed by atoms with Crippen molar-refractivity contribution in [1.29, 1.82) is 0 Å². The van der Waals surface area contributed by atoms with Gasteiger partial charge in [-0.25, -0.2) is 4.39 Å². The predicted molar refractivity (Wildman–Crippen MR) is 67.7 cm³/mol. The number of hydrogen-bond acceptors (Lipinski definition) is 3. The first kappa shape index (κ1) is 13.4. The quantitative estimate of drug-likeness (QED) is 0.781. The summed E-state index contributed by atoms with van der Waals surface area (Å²) in [4.78, 5) is 35.6. The highest BCUT2D eigenvalue weighted by molar-refractivity contribution is 6.52. The SMILES string of the molecule is CC(=O)CCCN1C(=O)C(=O)c2cc(C)cc(F)c21. The summed E-state index contributed by atoms with van der Waals surface area (Å²) in [6, 6.07) is 2.81. The van der Waals surface area contributed by atoms with Crippen LogP contribution in [0.5, 0.6) is 0 Å². The molecule has 1 aromatic carbocycles. The van der Waals surface area contributed by atoms with E-state index in [4.69, 9.17) is 0 Å². The molecule has 5 heteroatoms. The van der Waals surface area contributed by atoms with Crippen molar-refractivity contribution in [3.63, 3.8) is 0 Å². The van der Waals surface area contributed by atoms with Crippen LogP contribution in [-0.2, 0) is 9.59 Å². The van der Waals surface area contributed by atoms with Crippen molar-refractivity contribution in [3.05, 3.63) is 29.1 Å². The summed E-state index contributed by atoms with van der Waals surface area (Å²) in [6.07, 6.45) is 0.724. The summed E-state index contributed by atoms with van der Waals surface area (Å²) in [6.45, 7) is 3.30. The number of hydrogen-bond donors (Lipinski definition) is 0. The molecular weight excluding hydrogens is 249 g/mol. The van der Waals surface area contributed by atoms with Crippen LogP contribution in [0.1, 0.15) is 35.7 Å².